The molecule has 10 heteroatoms. The highest BCUT2D eigenvalue weighted by Crippen LogP contribution is 2.39. The van der Waals surface area contributed by atoms with Gasteiger partial charge in [0.2, 0.25) is 0 Å². The van der Waals surface area contributed by atoms with Crippen molar-refractivity contribution in [2.24, 2.45) is 0 Å². The Bertz CT molecular complexity index is 1420. The van der Waals surface area contributed by atoms with Gasteiger partial charge in [-0.1, -0.05) is 36.4 Å². The molecule has 0 atom stereocenters. The first-order valence-electron chi connectivity index (χ1n) is 13.8. The Labute approximate surface area is 244 Å². The Morgan fingerprint density at radius 2 is 1.74 bits per heavy atom. The molecule has 0 saturated carbocycles. The SMILES string of the molecule is CCN(Oc1ccccc1OCC(F)(F)F)C(C)(C)c1cc(C#N)c2c(c1)CCN2CCCOC(=O)c1ccccc1. The lowest BCUT2D eigenvalue weighted by molar-refractivity contribution is -0.156. The molecule has 0 spiro atoms. The minimum Gasteiger partial charge on any atom is -0.480 e. The van der Waals surface area contributed by atoms with Gasteiger partial charge in [-0.05, 0) is 75.1 Å². The van der Waals surface area contributed by atoms with Gasteiger partial charge in [-0.3, -0.25) is 0 Å². The third-order valence-corrected chi connectivity index (χ3v) is 7.16. The van der Waals surface area contributed by atoms with Crippen LogP contribution in [-0.4, -0.2) is 50.1 Å². The lowest BCUT2D eigenvalue weighted by atomic mass is 9.89. The summed E-state index contributed by atoms with van der Waals surface area (Å²) in [6.07, 6.45) is -3.11. The summed E-state index contributed by atoms with van der Waals surface area (Å²) in [6.45, 7) is 6.37. The Morgan fingerprint density at radius 3 is 2.40 bits per heavy atom. The van der Waals surface area contributed by atoms with Crippen molar-refractivity contribution in [3.8, 4) is 17.6 Å². The van der Waals surface area contributed by atoms with Gasteiger partial charge in [0.05, 0.1) is 29.0 Å². The molecule has 0 unspecified atom stereocenters. The van der Waals surface area contributed by atoms with Gasteiger partial charge >= 0.3 is 12.1 Å². The molecule has 0 aliphatic carbocycles. The van der Waals surface area contributed by atoms with Crippen LogP contribution < -0.4 is 14.5 Å². The Hall–Kier alpha value is -4.23. The van der Waals surface area contributed by atoms with E-state index in [9.17, 15) is 23.2 Å². The largest absolute Gasteiger partial charge is 0.480 e. The van der Waals surface area contributed by atoms with E-state index in [2.05, 4.69) is 17.0 Å². The number of ether oxygens (including phenoxy) is 2. The highest BCUT2D eigenvalue weighted by molar-refractivity contribution is 5.89. The Morgan fingerprint density at radius 1 is 1.05 bits per heavy atom. The van der Waals surface area contributed by atoms with Crippen molar-refractivity contribution in [3.05, 3.63) is 89.0 Å². The zero-order valence-electron chi connectivity index (χ0n) is 23.9. The molecule has 1 heterocycles. The molecule has 1 aliphatic rings. The van der Waals surface area contributed by atoms with Crippen molar-refractivity contribution in [2.45, 2.75) is 45.3 Å². The van der Waals surface area contributed by atoms with E-state index in [1.807, 2.05) is 32.9 Å². The number of nitrogens with zero attached hydrogens (tertiary/aromatic N) is 3. The van der Waals surface area contributed by atoms with Gasteiger partial charge in [0.15, 0.2) is 18.1 Å². The van der Waals surface area contributed by atoms with Crippen LogP contribution in [0.15, 0.2) is 66.7 Å². The average Bonchev–Trinajstić information content (AvgIpc) is 3.39. The molecule has 7 nitrogen and oxygen atoms in total. The summed E-state index contributed by atoms with van der Waals surface area (Å²) in [6, 6.07) is 21.3. The van der Waals surface area contributed by atoms with Crippen molar-refractivity contribution in [2.75, 3.05) is 37.7 Å². The Kier molecular flexibility index (Phi) is 9.63. The molecule has 222 valence electrons. The van der Waals surface area contributed by atoms with Crippen LogP contribution in [0.4, 0.5) is 18.9 Å². The summed E-state index contributed by atoms with van der Waals surface area (Å²) in [4.78, 5) is 20.5. The lowest BCUT2D eigenvalue weighted by Crippen LogP contribution is -2.44. The second-order valence-corrected chi connectivity index (χ2v) is 10.4. The summed E-state index contributed by atoms with van der Waals surface area (Å²) < 4.78 is 48.7. The van der Waals surface area contributed by atoms with Gasteiger partial charge in [0, 0.05) is 19.6 Å². The molecule has 4 rings (SSSR count). The number of anilines is 1. The average molecular weight is 582 g/mol. The molecule has 0 saturated heterocycles. The van der Waals surface area contributed by atoms with E-state index >= 15 is 0 Å². The van der Waals surface area contributed by atoms with Crippen LogP contribution in [0.5, 0.6) is 11.5 Å². The van der Waals surface area contributed by atoms with Gasteiger partial charge < -0.3 is 19.2 Å². The number of rotatable bonds is 12. The zero-order valence-corrected chi connectivity index (χ0v) is 23.9. The molecule has 42 heavy (non-hydrogen) atoms. The number of esters is 1. The Balaban J connectivity index is 1.46. The third kappa shape index (κ3) is 7.34. The quantitative estimate of drug-likeness (QED) is 0.135. The summed E-state index contributed by atoms with van der Waals surface area (Å²) in [5.74, 6) is -0.211. The molecule has 0 radical (unpaired) electrons. The topological polar surface area (TPSA) is 75.0 Å². The van der Waals surface area contributed by atoms with Crippen molar-refractivity contribution >= 4 is 11.7 Å². The molecule has 1 aliphatic heterocycles. The number of hydrogen-bond acceptors (Lipinski definition) is 7. The maximum atomic E-state index is 12.8. The van der Waals surface area contributed by atoms with Gasteiger partial charge in [-0.2, -0.15) is 18.4 Å². The van der Waals surface area contributed by atoms with E-state index in [0.717, 1.165) is 29.8 Å². The van der Waals surface area contributed by atoms with E-state index in [0.29, 0.717) is 30.6 Å². The predicted molar refractivity (Wildman–Crippen MR) is 152 cm³/mol. The molecule has 0 aromatic heterocycles. The molecule has 0 fully saturated rings. The van der Waals surface area contributed by atoms with Crippen LogP contribution >= 0.6 is 0 Å². The molecular weight excluding hydrogens is 547 g/mol. The zero-order chi connectivity index (χ0) is 30.3. The highest BCUT2D eigenvalue weighted by atomic mass is 19.4. The highest BCUT2D eigenvalue weighted by Gasteiger charge is 2.34. The number of para-hydroxylation sites is 2. The van der Waals surface area contributed by atoms with Crippen LogP contribution in [0.25, 0.3) is 0 Å². The van der Waals surface area contributed by atoms with Gasteiger partial charge in [0.25, 0.3) is 0 Å². The van der Waals surface area contributed by atoms with E-state index in [4.69, 9.17) is 14.3 Å². The van der Waals surface area contributed by atoms with Crippen molar-refractivity contribution in [1.29, 1.82) is 5.26 Å². The van der Waals surface area contributed by atoms with Crippen LogP contribution in [0, 0.1) is 11.3 Å². The van der Waals surface area contributed by atoms with E-state index in [-0.39, 0.29) is 24.1 Å². The molecule has 0 N–H and O–H groups in total. The number of hydroxylamine groups is 2. The number of hydrogen-bond donors (Lipinski definition) is 0. The number of fused-ring (bicyclic) bond motifs is 1. The molecule has 3 aromatic rings. The number of carbonyl (C=O) groups excluding carboxylic acids is 1. The third-order valence-electron chi connectivity index (χ3n) is 7.16. The fourth-order valence-corrected chi connectivity index (χ4v) is 5.01. The first-order valence-corrected chi connectivity index (χ1v) is 13.8. The summed E-state index contributed by atoms with van der Waals surface area (Å²) in [7, 11) is 0. The normalized spacial score (nSPS) is 13.0. The van der Waals surface area contributed by atoms with Crippen molar-refractivity contribution in [1.82, 2.24) is 5.06 Å². The fraction of sp³-hybridized carbons (Fsp3) is 0.375. The van der Waals surface area contributed by atoms with Crippen LogP contribution in [0.3, 0.4) is 0 Å². The van der Waals surface area contributed by atoms with Gasteiger partial charge in [-0.25, -0.2) is 4.79 Å². The second-order valence-electron chi connectivity index (χ2n) is 10.4. The molecular formula is C32H34F3N3O4. The van der Waals surface area contributed by atoms with E-state index < -0.39 is 18.3 Å². The van der Waals surface area contributed by atoms with Crippen LogP contribution in [0.2, 0.25) is 0 Å². The minimum atomic E-state index is -4.48. The van der Waals surface area contributed by atoms with E-state index in [1.165, 1.54) is 6.07 Å². The fourth-order valence-electron chi connectivity index (χ4n) is 5.01. The molecule has 3 aromatic carbocycles. The van der Waals surface area contributed by atoms with Gasteiger partial charge in [0.1, 0.15) is 6.07 Å². The molecule has 0 bridgehead atoms. The predicted octanol–water partition coefficient (Wildman–Crippen LogP) is 6.66. The number of benzene rings is 3. The maximum absolute atomic E-state index is 12.8. The first-order chi connectivity index (χ1) is 20.0. The number of carbonyl (C=O) groups is 1. The minimum absolute atomic E-state index is 0.0131. The summed E-state index contributed by atoms with van der Waals surface area (Å²) >= 11 is 0. The smallest absolute Gasteiger partial charge is 0.422 e. The van der Waals surface area contributed by atoms with E-state index in [1.54, 1.807) is 47.5 Å². The van der Waals surface area contributed by atoms with Gasteiger partial charge in [-0.15, -0.1) is 5.06 Å². The van der Waals surface area contributed by atoms with Crippen molar-refractivity contribution in [3.63, 3.8) is 0 Å². The number of halogens is 3. The first kappa shape index (κ1) is 30.7. The van der Waals surface area contributed by atoms with Crippen molar-refractivity contribution < 1.29 is 32.3 Å². The summed E-state index contributed by atoms with van der Waals surface area (Å²) in [5.41, 5.74) is 3.04. The maximum Gasteiger partial charge on any atom is 0.422 e. The van der Waals surface area contributed by atoms with Crippen LogP contribution in [0.1, 0.15) is 54.2 Å². The summed E-state index contributed by atoms with van der Waals surface area (Å²) in [5, 5.41) is 11.7. The number of nitriles is 1. The molecule has 0 amide bonds. The standard InChI is InChI=1S/C32H34F3N3O4/c1-4-38(42-28-14-9-8-13-27(28)41-22-32(33,34)35)31(2,3)26-19-24-15-17-37(29(24)25(20-26)21-36)16-10-18-40-30(39)23-11-6-5-7-12-23/h5-9,11-14,19-20H,4,10,15-18,22H2,1-3H3. The second kappa shape index (κ2) is 13.2. The monoisotopic (exact) mass is 581 g/mol. The number of alkyl halides is 3. The van der Waals surface area contributed by atoms with Crippen LogP contribution in [-0.2, 0) is 16.7 Å². The lowest BCUT2D eigenvalue weighted by Gasteiger charge is -2.38.